The second-order valence-electron chi connectivity index (χ2n) is 2.23. The van der Waals surface area contributed by atoms with Crippen LogP contribution in [0.2, 0.25) is 0 Å². The summed E-state index contributed by atoms with van der Waals surface area (Å²) >= 11 is 6.89. The molecule has 0 unspecified atom stereocenters. The molecule has 0 aliphatic carbocycles. The summed E-state index contributed by atoms with van der Waals surface area (Å²) in [5.41, 5.74) is 2.65. The maximum atomic E-state index is 5.14. The summed E-state index contributed by atoms with van der Waals surface area (Å²) in [5.74, 6) is 1.06. The van der Waals surface area contributed by atoms with E-state index in [4.69, 9.17) is 12.2 Å². The van der Waals surface area contributed by atoms with Crippen LogP contribution in [-0.2, 0) is 5.75 Å². The molecule has 2 heteroatoms. The first-order valence-corrected chi connectivity index (χ1v) is 4.52. The maximum Gasteiger partial charge on any atom is 0.0784 e. The van der Waals surface area contributed by atoms with Crippen LogP contribution in [-0.4, -0.2) is 4.20 Å². The Labute approximate surface area is 69.6 Å². The van der Waals surface area contributed by atoms with Gasteiger partial charge in [-0.15, -0.1) is 11.8 Å². The Morgan fingerprint density at radius 3 is 2.90 bits per heavy atom. The molecule has 10 heavy (non-hydrogen) atoms. The maximum absolute atomic E-state index is 5.14. The molecule has 0 saturated carbocycles. The zero-order valence-electron chi connectivity index (χ0n) is 5.33. The molecule has 0 spiro atoms. The molecule has 0 fully saturated rings. The topological polar surface area (TPSA) is 0 Å². The molecule has 0 radical (unpaired) electrons. The van der Waals surface area contributed by atoms with Crippen LogP contribution in [0.1, 0.15) is 11.1 Å². The van der Waals surface area contributed by atoms with E-state index in [9.17, 15) is 0 Å². The van der Waals surface area contributed by atoms with Gasteiger partial charge in [-0.2, -0.15) is 0 Å². The number of benzene rings is 1. The van der Waals surface area contributed by atoms with Crippen molar-refractivity contribution in [3.63, 3.8) is 0 Å². The van der Waals surface area contributed by atoms with E-state index in [0.717, 1.165) is 9.95 Å². The molecule has 1 aliphatic rings. The van der Waals surface area contributed by atoms with Crippen molar-refractivity contribution in [3.8, 4) is 0 Å². The molecular formula is C8H6S2. The third-order valence-corrected chi connectivity index (χ3v) is 3.11. The molecule has 50 valence electrons. The van der Waals surface area contributed by atoms with Gasteiger partial charge in [-0.25, -0.2) is 0 Å². The Kier molecular flexibility index (Phi) is 1.51. The van der Waals surface area contributed by atoms with Gasteiger partial charge in [-0.3, -0.25) is 0 Å². The highest BCUT2D eigenvalue weighted by atomic mass is 32.2. The number of hydrogen-bond donors (Lipinski definition) is 0. The fraction of sp³-hybridized carbons (Fsp3) is 0.125. The lowest BCUT2D eigenvalue weighted by atomic mass is 10.1. The summed E-state index contributed by atoms with van der Waals surface area (Å²) in [7, 11) is 0. The lowest BCUT2D eigenvalue weighted by Gasteiger charge is -1.92. The number of hydrogen-bond acceptors (Lipinski definition) is 2. The second-order valence-corrected chi connectivity index (χ2v) is 3.89. The highest BCUT2D eigenvalue weighted by molar-refractivity contribution is 8.23. The average molecular weight is 166 g/mol. The molecule has 0 N–H and O–H groups in total. The van der Waals surface area contributed by atoms with E-state index in [-0.39, 0.29) is 0 Å². The highest BCUT2D eigenvalue weighted by Crippen LogP contribution is 2.29. The molecule has 1 aromatic carbocycles. The van der Waals surface area contributed by atoms with E-state index in [2.05, 4.69) is 18.2 Å². The predicted octanol–water partition coefficient (Wildman–Crippen LogP) is 2.61. The van der Waals surface area contributed by atoms with Crippen LogP contribution in [0.4, 0.5) is 0 Å². The molecule has 0 amide bonds. The van der Waals surface area contributed by atoms with Crippen LogP contribution >= 0.6 is 24.0 Å². The Balaban J connectivity index is 2.61. The first kappa shape index (κ1) is 6.38. The largest absolute Gasteiger partial charge is 0.109 e. The van der Waals surface area contributed by atoms with Crippen LogP contribution in [0.25, 0.3) is 0 Å². The van der Waals surface area contributed by atoms with Gasteiger partial charge in [-0.1, -0.05) is 36.5 Å². The van der Waals surface area contributed by atoms with Crippen molar-refractivity contribution in [2.75, 3.05) is 0 Å². The normalized spacial score (nSPS) is 15.4. The van der Waals surface area contributed by atoms with E-state index in [1.165, 1.54) is 11.1 Å². The number of thioether (sulfide) groups is 1. The van der Waals surface area contributed by atoms with Gasteiger partial charge in [0.15, 0.2) is 0 Å². The zero-order valence-corrected chi connectivity index (χ0v) is 6.97. The molecule has 0 aromatic heterocycles. The lowest BCUT2D eigenvalue weighted by Crippen LogP contribution is -1.84. The van der Waals surface area contributed by atoms with Gasteiger partial charge >= 0.3 is 0 Å². The highest BCUT2D eigenvalue weighted by Gasteiger charge is 2.14. The molecular weight excluding hydrogens is 160 g/mol. The lowest BCUT2D eigenvalue weighted by molar-refractivity contribution is 1.43. The smallest absolute Gasteiger partial charge is 0.0784 e. The Morgan fingerprint density at radius 1 is 1.30 bits per heavy atom. The summed E-state index contributed by atoms with van der Waals surface area (Å²) in [5, 5.41) is 0. The molecule has 0 atom stereocenters. The first-order chi connectivity index (χ1) is 4.88. The van der Waals surface area contributed by atoms with E-state index in [0.29, 0.717) is 0 Å². The SMILES string of the molecule is S=C1SCc2ccccc21. The first-order valence-electron chi connectivity index (χ1n) is 3.13. The minimum atomic E-state index is 1.05. The van der Waals surface area contributed by atoms with Crippen LogP contribution in [0.3, 0.4) is 0 Å². The minimum Gasteiger partial charge on any atom is -0.109 e. The summed E-state index contributed by atoms with van der Waals surface area (Å²) < 4.78 is 1.05. The quantitative estimate of drug-likeness (QED) is 0.543. The van der Waals surface area contributed by atoms with Crippen molar-refractivity contribution < 1.29 is 0 Å². The van der Waals surface area contributed by atoms with Crippen molar-refractivity contribution in [1.82, 2.24) is 0 Å². The number of fused-ring (bicyclic) bond motifs is 1. The summed E-state index contributed by atoms with van der Waals surface area (Å²) in [6.45, 7) is 0. The third kappa shape index (κ3) is 0.879. The Bertz CT molecular complexity index is 278. The van der Waals surface area contributed by atoms with Gasteiger partial charge in [0.05, 0.1) is 4.20 Å². The van der Waals surface area contributed by atoms with E-state index in [1.807, 2.05) is 6.07 Å². The average Bonchev–Trinajstić information content (AvgIpc) is 2.34. The Hall–Kier alpha value is -0.340. The number of thiocarbonyl (C=S) groups is 1. The molecule has 0 bridgehead atoms. The molecule has 1 aromatic rings. The minimum absolute atomic E-state index is 1.05. The standard InChI is InChI=1S/C8H6S2/c9-8-7-4-2-1-3-6(7)5-10-8/h1-4H,5H2. The monoisotopic (exact) mass is 166 g/mol. The molecule has 0 saturated heterocycles. The van der Waals surface area contributed by atoms with E-state index in [1.54, 1.807) is 11.8 Å². The second kappa shape index (κ2) is 2.36. The van der Waals surface area contributed by atoms with E-state index >= 15 is 0 Å². The van der Waals surface area contributed by atoms with Gasteiger partial charge in [0, 0.05) is 11.3 Å². The fourth-order valence-electron chi connectivity index (χ4n) is 1.07. The molecule has 2 rings (SSSR count). The zero-order chi connectivity index (χ0) is 6.97. The van der Waals surface area contributed by atoms with Crippen LogP contribution < -0.4 is 0 Å². The van der Waals surface area contributed by atoms with Crippen molar-refractivity contribution in [2.45, 2.75) is 5.75 Å². The fourth-order valence-corrected chi connectivity index (χ4v) is 2.34. The van der Waals surface area contributed by atoms with Crippen LogP contribution in [0.5, 0.6) is 0 Å². The van der Waals surface area contributed by atoms with Crippen molar-refractivity contribution in [3.05, 3.63) is 35.4 Å². The van der Waals surface area contributed by atoms with Crippen molar-refractivity contribution in [2.24, 2.45) is 0 Å². The predicted molar refractivity (Wildman–Crippen MR) is 49.4 cm³/mol. The van der Waals surface area contributed by atoms with Crippen molar-refractivity contribution in [1.29, 1.82) is 0 Å². The molecule has 1 heterocycles. The molecule has 1 aliphatic heterocycles. The van der Waals surface area contributed by atoms with Crippen molar-refractivity contribution >= 4 is 28.2 Å². The van der Waals surface area contributed by atoms with E-state index < -0.39 is 0 Å². The number of rotatable bonds is 0. The van der Waals surface area contributed by atoms with Gasteiger partial charge in [-0.05, 0) is 5.56 Å². The molecule has 0 nitrogen and oxygen atoms in total. The van der Waals surface area contributed by atoms with Gasteiger partial charge in [0.2, 0.25) is 0 Å². The van der Waals surface area contributed by atoms with Gasteiger partial charge in [0.25, 0.3) is 0 Å². The van der Waals surface area contributed by atoms with Gasteiger partial charge < -0.3 is 0 Å². The third-order valence-electron chi connectivity index (χ3n) is 1.60. The summed E-state index contributed by atoms with van der Waals surface area (Å²) in [4.78, 5) is 0. The summed E-state index contributed by atoms with van der Waals surface area (Å²) in [6, 6.07) is 8.34. The van der Waals surface area contributed by atoms with Crippen LogP contribution in [0.15, 0.2) is 24.3 Å². The Morgan fingerprint density at radius 2 is 2.10 bits per heavy atom. The van der Waals surface area contributed by atoms with Crippen LogP contribution in [0, 0.1) is 0 Å². The van der Waals surface area contributed by atoms with Gasteiger partial charge in [0.1, 0.15) is 0 Å². The summed E-state index contributed by atoms with van der Waals surface area (Å²) in [6.07, 6.45) is 0.